The fourth-order valence-electron chi connectivity index (χ4n) is 7.30. The van der Waals surface area contributed by atoms with Crippen molar-refractivity contribution in [3.05, 3.63) is 52.8 Å². The molecule has 5 bridgehead atoms. The van der Waals surface area contributed by atoms with E-state index in [1.165, 1.54) is 59.1 Å². The zero-order valence-electron chi connectivity index (χ0n) is 45.0. The summed E-state index contributed by atoms with van der Waals surface area (Å²) in [5.41, 5.74) is -2.49. The van der Waals surface area contributed by atoms with E-state index in [9.17, 15) is 39.9 Å². The lowest BCUT2D eigenvalue weighted by Gasteiger charge is -2.38. The number of amides is 1. The van der Waals surface area contributed by atoms with Crippen molar-refractivity contribution in [3.8, 4) is 23.0 Å². The van der Waals surface area contributed by atoms with E-state index in [0.29, 0.717) is 6.21 Å². The first kappa shape index (κ1) is 31.7. The lowest BCUT2D eigenvalue weighted by atomic mass is 9.78. The van der Waals surface area contributed by atoms with Gasteiger partial charge in [0.2, 0.25) is 0 Å². The van der Waals surface area contributed by atoms with E-state index < -0.39 is 154 Å². The normalized spacial score (nSPS) is 38.5. The molecule has 0 unspecified atom stereocenters. The fourth-order valence-corrected chi connectivity index (χ4v) is 7.30. The summed E-state index contributed by atoms with van der Waals surface area (Å²) in [6.07, 6.45) is 2.59. The van der Waals surface area contributed by atoms with Gasteiger partial charge in [-0.3, -0.25) is 19.4 Å². The number of hydrogen-bond acceptors (Lipinski definition) is 15. The first-order chi connectivity index (χ1) is 32.0. The maximum Gasteiger partial charge on any atom is 0.312 e. The van der Waals surface area contributed by atoms with E-state index in [1.807, 2.05) is 0 Å². The van der Waals surface area contributed by atoms with Gasteiger partial charge in [-0.15, -0.1) is 0 Å². The Hall–Kier alpha value is -5.16. The van der Waals surface area contributed by atoms with Crippen molar-refractivity contribution >= 4 is 40.3 Å². The number of hydrazone groups is 1. The Labute approximate surface area is 359 Å². The number of hydrogen-bond donors (Lipinski definition) is 6. The molecule has 9 atom stereocenters. The van der Waals surface area contributed by atoms with Gasteiger partial charge in [0.15, 0.2) is 5.75 Å². The number of rotatable bonds is 4. The number of anilines is 1. The predicted molar refractivity (Wildman–Crippen MR) is 220 cm³/mol. The molecular weight excluding hydrogens is 764 g/mol. The second-order valence-electron chi connectivity index (χ2n) is 15.0. The highest BCUT2D eigenvalue weighted by Crippen LogP contribution is 2.55. The minimum atomic E-state index is -3.87. The van der Waals surface area contributed by atoms with Crippen molar-refractivity contribution in [2.45, 2.75) is 85.6 Å². The molecule has 16 heteroatoms. The summed E-state index contributed by atoms with van der Waals surface area (Å²) in [4.78, 5) is 40.3. The summed E-state index contributed by atoms with van der Waals surface area (Å²) < 4.78 is 115. The Morgan fingerprint density at radius 2 is 1.68 bits per heavy atom. The predicted octanol–water partition coefficient (Wildman–Crippen LogP) is 4.34. The van der Waals surface area contributed by atoms with E-state index in [0.717, 1.165) is 6.26 Å². The van der Waals surface area contributed by atoms with Crippen LogP contribution in [-0.4, -0.2) is 130 Å². The molecule has 4 aliphatic heterocycles. The molecule has 322 valence electrons. The molecule has 16 nitrogen and oxygen atoms in total. The van der Waals surface area contributed by atoms with Crippen molar-refractivity contribution in [2.75, 3.05) is 45.4 Å². The number of piperazine rings is 1. The van der Waals surface area contributed by atoms with Crippen LogP contribution in [-0.2, 0) is 23.8 Å². The number of aliphatic hydroxyl groups is 2. The van der Waals surface area contributed by atoms with Crippen LogP contribution in [0, 0.1) is 30.6 Å². The van der Waals surface area contributed by atoms with E-state index >= 15 is 0 Å². The number of fused-ring (bicyclic) bond motifs is 14. The number of methoxy groups -OCH3 is 1. The van der Waals surface area contributed by atoms with Gasteiger partial charge in [0.1, 0.15) is 23.4 Å². The van der Waals surface area contributed by atoms with Gasteiger partial charge in [-0.25, -0.2) is 0 Å². The largest absolute Gasteiger partial charge is 0.507 e. The van der Waals surface area contributed by atoms with Crippen LogP contribution in [0.3, 0.4) is 0 Å². The molecule has 4 aliphatic rings. The van der Waals surface area contributed by atoms with Crippen LogP contribution in [0.15, 0.2) is 41.2 Å². The molecule has 0 aromatic heterocycles. The molecule has 1 saturated heterocycles. The highest BCUT2D eigenvalue weighted by atomic mass is 16.7. The summed E-state index contributed by atoms with van der Waals surface area (Å²) in [6.45, 7) is -7.70. The summed E-state index contributed by atoms with van der Waals surface area (Å²) in [6, 6.07) is 0. The number of phenolic OH excluding ortho intramolecular Hbond substituents is 3. The average molecular weight is 834 g/mol. The molecule has 1 amide bonds. The maximum absolute atomic E-state index is 14.6. The van der Waals surface area contributed by atoms with E-state index in [2.05, 4.69) is 10.4 Å². The molecule has 6 N–H and O–H groups in total. The van der Waals surface area contributed by atoms with Crippen LogP contribution in [0.4, 0.5) is 5.69 Å². The zero-order chi connectivity index (χ0) is 53.3. The Morgan fingerprint density at radius 1 is 1.00 bits per heavy atom. The Bertz CT molecular complexity index is 2530. The Kier molecular flexibility index (Phi) is 9.67. The summed E-state index contributed by atoms with van der Waals surface area (Å²) >= 11 is 0. The number of allylic oxidation sites excluding steroid dienone is 2. The molecule has 59 heavy (non-hydrogen) atoms. The van der Waals surface area contributed by atoms with Gasteiger partial charge in [-0.05, 0) is 26.9 Å². The smallest absolute Gasteiger partial charge is 0.312 e. The number of carbonyl (C=O) groups excluding carboxylic acids is 3. The Morgan fingerprint density at radius 3 is 2.31 bits per heavy atom. The second-order valence-corrected chi connectivity index (χ2v) is 15.0. The number of aromatic hydroxyl groups is 3. The first-order valence-corrected chi connectivity index (χ1v) is 18.7. The molecule has 1 fully saturated rings. The molecular formula is C43H58N4O12. The number of phenols is 3. The van der Waals surface area contributed by atoms with Crippen molar-refractivity contribution in [1.29, 1.82) is 0 Å². The summed E-state index contributed by atoms with van der Waals surface area (Å²) in [5, 5.41) is 63.3. The van der Waals surface area contributed by atoms with Gasteiger partial charge in [0.05, 0.1) is 58.5 Å². The molecule has 0 saturated carbocycles. The van der Waals surface area contributed by atoms with Gasteiger partial charge in [0, 0.05) is 96.7 Å². The minimum absolute atomic E-state index is 0.115. The molecule has 6 rings (SSSR count). The number of benzene rings is 2. The Balaban J connectivity index is 1.81. The third kappa shape index (κ3) is 8.91. The number of ether oxygens (including phenoxy) is 4. The van der Waals surface area contributed by atoms with Crippen LogP contribution in [0.1, 0.15) is 85.0 Å². The van der Waals surface area contributed by atoms with Crippen LogP contribution >= 0.6 is 0 Å². The quantitative estimate of drug-likeness (QED) is 0.109. The van der Waals surface area contributed by atoms with Gasteiger partial charge in [-0.2, -0.15) is 5.10 Å². The number of nitrogens with zero attached hydrogens (tertiary/aromatic N) is 3. The molecule has 0 radical (unpaired) electrons. The highest BCUT2D eigenvalue weighted by Gasteiger charge is 2.50. The highest BCUT2D eigenvalue weighted by molar-refractivity contribution is 6.23. The number of nitrogens with one attached hydrogen (secondary N) is 1. The van der Waals surface area contributed by atoms with Gasteiger partial charge in [0.25, 0.3) is 11.7 Å². The number of ketones is 1. The number of carbonyl (C=O) groups is 3. The SMILES string of the molecule is [2H]C([2H])([2H])N1C([2H])([2H])C([2H])([2H])N(/N=C/c2c3c(O)c4c(O)c(C)c5c(c4c2O)C(=O)[C@@](C)(O/C=C/[C@H](OC)[C@@H](C)[C@@H](OC(C)=O)[C@H](C)[C@H](O)[C@H](C)[C@@H](O)[C@@H](C)/C=C/C=C(\C)C(=O)N3)O5)C([2H])([2H])C1([2H])[2H]. The van der Waals surface area contributed by atoms with Crippen molar-refractivity contribution < 1.29 is 73.9 Å². The third-order valence-corrected chi connectivity index (χ3v) is 10.9. The molecule has 2 aromatic carbocycles. The number of esters is 1. The molecule has 0 spiro atoms. The first-order valence-electron chi connectivity index (χ1n) is 24.2. The van der Waals surface area contributed by atoms with Crippen LogP contribution < -0.4 is 10.1 Å². The van der Waals surface area contributed by atoms with E-state index in [-0.39, 0.29) is 21.9 Å². The number of likely N-dealkylation sites (N-methyl/N-ethyl adjacent to an activating group) is 1. The monoisotopic (exact) mass is 833 g/mol. The summed E-state index contributed by atoms with van der Waals surface area (Å²) in [7, 11) is 1.34. The molecule has 2 aromatic rings. The second kappa shape index (κ2) is 18.0. The van der Waals surface area contributed by atoms with Crippen LogP contribution in [0.25, 0.3) is 10.8 Å². The fraction of sp³-hybridized carbons (Fsp3) is 0.535. The van der Waals surface area contributed by atoms with Crippen molar-refractivity contribution in [3.63, 3.8) is 0 Å². The van der Waals surface area contributed by atoms with Crippen LogP contribution in [0.5, 0.6) is 23.0 Å². The molecule has 4 heterocycles. The van der Waals surface area contributed by atoms with Crippen molar-refractivity contribution in [1.82, 2.24) is 9.91 Å². The summed E-state index contributed by atoms with van der Waals surface area (Å²) in [5.74, 6) is -11.4. The number of aliphatic hydroxyl groups excluding tert-OH is 2. The maximum atomic E-state index is 14.6. The lowest BCUT2D eigenvalue weighted by molar-refractivity contribution is -0.160. The zero-order valence-corrected chi connectivity index (χ0v) is 34.0. The lowest BCUT2D eigenvalue weighted by Crippen LogP contribution is -2.46. The average Bonchev–Trinajstić information content (AvgIpc) is 3.51. The van der Waals surface area contributed by atoms with Gasteiger partial charge in [-0.1, -0.05) is 45.9 Å². The van der Waals surface area contributed by atoms with E-state index in [1.54, 1.807) is 27.7 Å². The number of Topliss-reactive ketones (excluding diaryl/α,β-unsaturated/α-hetero) is 1. The van der Waals surface area contributed by atoms with Gasteiger partial charge < -0.3 is 54.7 Å². The third-order valence-electron chi connectivity index (χ3n) is 10.9. The van der Waals surface area contributed by atoms with Crippen molar-refractivity contribution in [2.24, 2.45) is 28.8 Å². The van der Waals surface area contributed by atoms with E-state index in [4.69, 9.17) is 34.0 Å². The minimum Gasteiger partial charge on any atom is -0.507 e. The van der Waals surface area contributed by atoms with Crippen LogP contribution in [0.2, 0.25) is 0 Å². The topological polar surface area (TPSA) is 220 Å². The van der Waals surface area contributed by atoms with Gasteiger partial charge >= 0.3 is 11.8 Å². The standard InChI is InChI=1S/C43H58N4O12/c1-21-12-11-13-22(2)42(55)45-33-28(20-44-47-17-15-46(9)16-18-47)37(52)30-31(38(33)53)36(51)26(6)40-32(30)41(54)43(8,59-40)57-19-14-29(56-10)23(3)39(58-27(7)48)25(5)35(50)24(4)34(21)49/h11-14,19-21,23-25,29,34-35,39,49-53H,15-18H2,1-10H3,(H,45,55)/b12-11+,19-14+,22-13+,44-20+/t21-,23+,24+,25+,29-,34-,35+,39+,43-/m0/s1/i9D3,15D2,16D2,17D2,18D2. The molecule has 0 aliphatic carbocycles.